The molecule has 0 N–H and O–H groups in total. The van der Waals surface area contributed by atoms with Gasteiger partial charge in [-0.1, -0.05) is 6.07 Å². The normalized spacial score (nSPS) is 22.7. The number of hydrogen-bond donors (Lipinski definition) is 0. The van der Waals surface area contributed by atoms with Crippen LogP contribution in [0.4, 0.5) is 5.69 Å². The second-order valence-electron chi connectivity index (χ2n) is 4.05. The van der Waals surface area contributed by atoms with Gasteiger partial charge in [-0.2, -0.15) is 0 Å². The first-order valence-electron chi connectivity index (χ1n) is 5.10. The summed E-state index contributed by atoms with van der Waals surface area (Å²) in [6.07, 6.45) is 0. The molecule has 4 nitrogen and oxygen atoms in total. The van der Waals surface area contributed by atoms with Crippen molar-refractivity contribution in [2.45, 2.75) is 17.9 Å². The smallest absolute Gasteiger partial charge is 0.182 e. The predicted molar refractivity (Wildman–Crippen MR) is 62.9 cm³/mol. The van der Waals surface area contributed by atoms with Crippen molar-refractivity contribution in [1.82, 2.24) is 0 Å². The van der Waals surface area contributed by atoms with Gasteiger partial charge >= 0.3 is 0 Å². The summed E-state index contributed by atoms with van der Waals surface area (Å²) < 4.78 is 29.2. The van der Waals surface area contributed by atoms with Crippen LogP contribution in [-0.4, -0.2) is 34.4 Å². The monoisotopic (exact) mass is 241 g/mol. The van der Waals surface area contributed by atoms with E-state index in [0.29, 0.717) is 16.3 Å². The van der Waals surface area contributed by atoms with E-state index in [9.17, 15) is 8.42 Å². The fraction of sp³-hybridized carbons (Fsp3) is 0.455. The van der Waals surface area contributed by atoms with Gasteiger partial charge in [0, 0.05) is 13.1 Å². The van der Waals surface area contributed by atoms with Gasteiger partial charge in [-0.05, 0) is 19.1 Å². The molecule has 16 heavy (non-hydrogen) atoms. The molecule has 1 aromatic carbocycles. The van der Waals surface area contributed by atoms with Crippen LogP contribution in [0.1, 0.15) is 6.92 Å². The Morgan fingerprint density at radius 2 is 2.12 bits per heavy atom. The van der Waals surface area contributed by atoms with Crippen LogP contribution < -0.4 is 9.64 Å². The average Bonchev–Trinajstić information content (AvgIpc) is 2.24. The summed E-state index contributed by atoms with van der Waals surface area (Å²) in [5, 5.41) is 0. The van der Waals surface area contributed by atoms with E-state index >= 15 is 0 Å². The molecule has 0 bridgehead atoms. The lowest BCUT2D eigenvalue weighted by molar-refractivity contribution is 0.412. The molecule has 1 aromatic rings. The highest BCUT2D eigenvalue weighted by molar-refractivity contribution is 7.91. The Kier molecular flexibility index (Phi) is 2.58. The molecule has 1 aliphatic heterocycles. The summed E-state index contributed by atoms with van der Waals surface area (Å²) in [4.78, 5) is 2.32. The summed E-state index contributed by atoms with van der Waals surface area (Å²) >= 11 is 0. The maximum absolute atomic E-state index is 12.0. The predicted octanol–water partition coefficient (Wildman–Crippen LogP) is 1.31. The van der Waals surface area contributed by atoms with Crippen LogP contribution in [0.2, 0.25) is 0 Å². The number of anilines is 1. The van der Waals surface area contributed by atoms with Crippen molar-refractivity contribution < 1.29 is 13.2 Å². The highest BCUT2D eigenvalue weighted by atomic mass is 32.2. The fourth-order valence-corrected chi connectivity index (χ4v) is 3.87. The van der Waals surface area contributed by atoms with E-state index in [-0.39, 0.29) is 11.8 Å². The Hall–Kier alpha value is -1.23. The minimum atomic E-state index is -3.18. The number of para-hydroxylation sites is 1. The Labute approximate surface area is 95.7 Å². The van der Waals surface area contributed by atoms with Crippen LogP contribution in [-0.2, 0) is 9.84 Å². The molecule has 0 radical (unpaired) electrons. The average molecular weight is 241 g/mol. The first-order valence-corrected chi connectivity index (χ1v) is 6.75. The Bertz CT molecular complexity index is 510. The second kappa shape index (κ2) is 3.66. The molecule has 0 amide bonds. The number of nitrogens with zero attached hydrogens (tertiary/aromatic N) is 1. The van der Waals surface area contributed by atoms with Gasteiger partial charge in [-0.25, -0.2) is 8.42 Å². The van der Waals surface area contributed by atoms with Gasteiger partial charge in [0.2, 0.25) is 0 Å². The minimum absolute atomic E-state index is 0.0335. The maximum Gasteiger partial charge on any atom is 0.182 e. The molecule has 0 saturated carbocycles. The molecule has 88 valence electrons. The number of fused-ring (bicyclic) bond motifs is 1. The first kappa shape index (κ1) is 11.3. The van der Waals surface area contributed by atoms with Gasteiger partial charge in [-0.3, -0.25) is 0 Å². The molecular formula is C11H15NO3S. The number of methoxy groups -OCH3 is 1. The van der Waals surface area contributed by atoms with Crippen LogP contribution in [0.5, 0.6) is 5.75 Å². The third-order valence-corrected chi connectivity index (χ3v) is 4.91. The molecule has 0 spiro atoms. The topological polar surface area (TPSA) is 46.6 Å². The summed E-state index contributed by atoms with van der Waals surface area (Å²) in [7, 11) is 0.262. The van der Waals surface area contributed by atoms with Crippen LogP contribution in [0.25, 0.3) is 0 Å². The van der Waals surface area contributed by atoms with Gasteiger partial charge in [0.15, 0.2) is 9.84 Å². The first-order chi connectivity index (χ1) is 7.47. The number of rotatable bonds is 1. The van der Waals surface area contributed by atoms with Crippen LogP contribution in [0, 0.1) is 0 Å². The van der Waals surface area contributed by atoms with Crippen molar-refractivity contribution in [3.8, 4) is 5.75 Å². The highest BCUT2D eigenvalue weighted by Gasteiger charge is 2.33. The van der Waals surface area contributed by atoms with Crippen molar-refractivity contribution in [2.75, 3.05) is 24.8 Å². The number of ether oxygens (including phenoxy) is 1. The Balaban J connectivity index is 2.73. The third-order valence-electron chi connectivity index (χ3n) is 2.99. The maximum atomic E-state index is 12.0. The standard InChI is InChI=1S/C11H15NO3S/c1-8-7-16(13,14)10-6-4-5-9(15-3)11(10)12(8)2/h4-6,8H,7H2,1-3H3. The van der Waals surface area contributed by atoms with Crippen molar-refractivity contribution >= 4 is 15.5 Å². The van der Waals surface area contributed by atoms with E-state index in [4.69, 9.17) is 4.74 Å². The van der Waals surface area contributed by atoms with Gasteiger partial charge in [-0.15, -0.1) is 0 Å². The zero-order chi connectivity index (χ0) is 11.9. The number of hydrogen-bond acceptors (Lipinski definition) is 4. The summed E-state index contributed by atoms with van der Waals surface area (Å²) in [6.45, 7) is 1.90. The van der Waals surface area contributed by atoms with Gasteiger partial charge in [0.25, 0.3) is 0 Å². The van der Waals surface area contributed by atoms with Crippen molar-refractivity contribution in [3.05, 3.63) is 18.2 Å². The number of benzene rings is 1. The van der Waals surface area contributed by atoms with Gasteiger partial charge in [0.05, 0.1) is 23.4 Å². The molecular weight excluding hydrogens is 226 g/mol. The van der Waals surface area contributed by atoms with Crippen LogP contribution >= 0.6 is 0 Å². The van der Waals surface area contributed by atoms with E-state index in [0.717, 1.165) is 0 Å². The Morgan fingerprint density at radius 3 is 2.75 bits per heavy atom. The lowest BCUT2D eigenvalue weighted by Gasteiger charge is -2.34. The molecule has 1 heterocycles. The molecule has 0 aliphatic carbocycles. The SMILES string of the molecule is COc1cccc2c1N(C)C(C)CS2(=O)=O. The summed E-state index contributed by atoms with van der Waals surface area (Å²) in [6, 6.07) is 5.09. The molecule has 1 unspecified atom stereocenters. The molecule has 0 aromatic heterocycles. The van der Waals surface area contributed by atoms with E-state index in [1.54, 1.807) is 25.3 Å². The lowest BCUT2D eigenvalue weighted by atomic mass is 10.2. The van der Waals surface area contributed by atoms with E-state index in [1.807, 2.05) is 18.9 Å². The largest absolute Gasteiger partial charge is 0.495 e. The minimum Gasteiger partial charge on any atom is -0.495 e. The van der Waals surface area contributed by atoms with Crippen molar-refractivity contribution in [2.24, 2.45) is 0 Å². The molecule has 0 fully saturated rings. The van der Waals surface area contributed by atoms with Gasteiger partial charge in [0.1, 0.15) is 5.75 Å². The lowest BCUT2D eigenvalue weighted by Crippen LogP contribution is -2.40. The van der Waals surface area contributed by atoms with Crippen LogP contribution in [0.3, 0.4) is 0 Å². The zero-order valence-electron chi connectivity index (χ0n) is 9.60. The quantitative estimate of drug-likeness (QED) is 0.743. The molecule has 2 rings (SSSR count). The Morgan fingerprint density at radius 1 is 1.44 bits per heavy atom. The molecule has 0 saturated heterocycles. The zero-order valence-corrected chi connectivity index (χ0v) is 10.4. The van der Waals surface area contributed by atoms with Crippen molar-refractivity contribution in [1.29, 1.82) is 0 Å². The van der Waals surface area contributed by atoms with E-state index < -0.39 is 9.84 Å². The molecule has 1 aliphatic rings. The highest BCUT2D eigenvalue weighted by Crippen LogP contribution is 2.39. The molecule has 1 atom stereocenters. The van der Waals surface area contributed by atoms with Gasteiger partial charge < -0.3 is 9.64 Å². The van der Waals surface area contributed by atoms with E-state index in [2.05, 4.69) is 0 Å². The van der Waals surface area contributed by atoms with Crippen LogP contribution in [0.15, 0.2) is 23.1 Å². The number of sulfone groups is 1. The fourth-order valence-electron chi connectivity index (χ4n) is 2.01. The molecule has 5 heteroatoms. The third kappa shape index (κ3) is 1.55. The second-order valence-corrected chi connectivity index (χ2v) is 6.05. The van der Waals surface area contributed by atoms with E-state index in [1.165, 1.54) is 0 Å². The summed E-state index contributed by atoms with van der Waals surface area (Å²) in [5.41, 5.74) is 0.670. The summed E-state index contributed by atoms with van der Waals surface area (Å²) in [5.74, 6) is 0.763. The van der Waals surface area contributed by atoms with Crippen molar-refractivity contribution in [3.63, 3.8) is 0 Å².